The van der Waals surface area contributed by atoms with E-state index >= 15 is 0 Å². The highest BCUT2D eigenvalue weighted by molar-refractivity contribution is 5.61. The summed E-state index contributed by atoms with van der Waals surface area (Å²) in [6.45, 7) is 3.10. The number of hydrogen-bond donors (Lipinski definition) is 1. The Labute approximate surface area is 133 Å². The highest BCUT2D eigenvalue weighted by Crippen LogP contribution is 2.32. The number of rotatable bonds is 5. The van der Waals surface area contributed by atoms with Crippen molar-refractivity contribution in [3.05, 3.63) is 36.3 Å². The highest BCUT2D eigenvalue weighted by atomic mass is 19.3. The van der Waals surface area contributed by atoms with Crippen LogP contribution < -0.4 is 14.8 Å². The zero-order valence-corrected chi connectivity index (χ0v) is 13.4. The molecule has 0 aliphatic rings. The number of halogens is 2. The summed E-state index contributed by atoms with van der Waals surface area (Å²) in [5.41, 5.74) is 0.363. The van der Waals surface area contributed by atoms with Gasteiger partial charge in [0.1, 0.15) is 11.6 Å². The van der Waals surface area contributed by atoms with Gasteiger partial charge in [-0.1, -0.05) is 20.8 Å². The third-order valence-corrected chi connectivity index (χ3v) is 2.98. The van der Waals surface area contributed by atoms with Gasteiger partial charge in [0.2, 0.25) is 0 Å². The van der Waals surface area contributed by atoms with Gasteiger partial charge < -0.3 is 14.8 Å². The molecule has 2 aromatic rings. The molecular weight excluding hydrogens is 304 g/mol. The Hall–Kier alpha value is -2.44. The number of hydrogen-bond acceptors (Lipinski definition) is 5. The quantitative estimate of drug-likeness (QED) is 0.896. The van der Waals surface area contributed by atoms with Crippen LogP contribution in [0.5, 0.6) is 11.5 Å². The van der Waals surface area contributed by atoms with E-state index in [1.165, 1.54) is 13.2 Å². The van der Waals surface area contributed by atoms with E-state index in [1.807, 2.05) is 20.8 Å². The average molecular weight is 323 g/mol. The lowest BCUT2D eigenvalue weighted by Crippen LogP contribution is -2.16. The Morgan fingerprint density at radius 2 is 1.87 bits per heavy atom. The molecule has 0 amide bonds. The second-order valence-corrected chi connectivity index (χ2v) is 5.88. The van der Waals surface area contributed by atoms with E-state index in [-0.39, 0.29) is 16.9 Å². The van der Waals surface area contributed by atoms with Gasteiger partial charge in [-0.15, -0.1) is 0 Å². The van der Waals surface area contributed by atoms with Crippen LogP contribution in [0, 0.1) is 0 Å². The Bertz CT molecular complexity index is 673. The lowest BCUT2D eigenvalue weighted by Gasteiger charge is -2.17. The molecular formula is C16H19F2N3O2. The Kier molecular flexibility index (Phi) is 4.98. The van der Waals surface area contributed by atoms with Crippen LogP contribution in [-0.2, 0) is 5.41 Å². The van der Waals surface area contributed by atoms with E-state index in [0.717, 1.165) is 0 Å². The van der Waals surface area contributed by atoms with Crippen molar-refractivity contribution in [2.45, 2.75) is 32.8 Å². The molecule has 7 heteroatoms. The SMILES string of the molecule is COc1ccc(Nc2ccnc(C(C)(C)C)n2)cc1OC(F)F. The molecule has 1 N–H and O–H groups in total. The molecule has 0 fully saturated rings. The number of anilines is 2. The zero-order chi connectivity index (χ0) is 17.0. The number of methoxy groups -OCH3 is 1. The third-order valence-electron chi connectivity index (χ3n) is 2.98. The van der Waals surface area contributed by atoms with E-state index in [2.05, 4.69) is 20.0 Å². The molecule has 1 aromatic carbocycles. The average Bonchev–Trinajstić information content (AvgIpc) is 2.46. The number of alkyl halides is 2. The first-order chi connectivity index (χ1) is 10.8. The molecule has 0 saturated carbocycles. The molecule has 0 spiro atoms. The van der Waals surface area contributed by atoms with Crippen molar-refractivity contribution in [3.8, 4) is 11.5 Å². The molecule has 23 heavy (non-hydrogen) atoms. The normalized spacial score (nSPS) is 11.4. The predicted molar refractivity (Wildman–Crippen MR) is 83.6 cm³/mol. The highest BCUT2D eigenvalue weighted by Gasteiger charge is 2.17. The van der Waals surface area contributed by atoms with Gasteiger partial charge in [-0.05, 0) is 18.2 Å². The van der Waals surface area contributed by atoms with Crippen molar-refractivity contribution >= 4 is 11.5 Å². The van der Waals surface area contributed by atoms with Gasteiger partial charge in [0, 0.05) is 23.4 Å². The topological polar surface area (TPSA) is 56.3 Å². The van der Waals surface area contributed by atoms with E-state index < -0.39 is 6.61 Å². The number of benzene rings is 1. The van der Waals surface area contributed by atoms with Crippen molar-refractivity contribution < 1.29 is 18.3 Å². The summed E-state index contributed by atoms with van der Waals surface area (Å²) in [7, 11) is 1.39. The number of ether oxygens (including phenoxy) is 2. The molecule has 5 nitrogen and oxygen atoms in total. The van der Waals surface area contributed by atoms with Gasteiger partial charge in [0.05, 0.1) is 7.11 Å². The fraction of sp³-hybridized carbons (Fsp3) is 0.375. The van der Waals surface area contributed by atoms with E-state index in [1.54, 1.807) is 24.4 Å². The van der Waals surface area contributed by atoms with Crippen LogP contribution in [0.15, 0.2) is 30.5 Å². The minimum Gasteiger partial charge on any atom is -0.493 e. The summed E-state index contributed by atoms with van der Waals surface area (Å²) < 4.78 is 34.4. The minimum atomic E-state index is -2.93. The third kappa shape index (κ3) is 4.51. The summed E-state index contributed by atoms with van der Waals surface area (Å²) in [6.07, 6.45) is 1.65. The monoisotopic (exact) mass is 323 g/mol. The maximum Gasteiger partial charge on any atom is 0.387 e. The van der Waals surface area contributed by atoms with E-state index in [4.69, 9.17) is 4.74 Å². The molecule has 2 rings (SSSR count). The second-order valence-electron chi connectivity index (χ2n) is 5.88. The Morgan fingerprint density at radius 3 is 2.48 bits per heavy atom. The summed E-state index contributed by atoms with van der Waals surface area (Å²) in [5, 5.41) is 3.05. The number of aromatic nitrogens is 2. The zero-order valence-electron chi connectivity index (χ0n) is 13.4. The molecule has 1 aromatic heterocycles. The van der Waals surface area contributed by atoms with E-state index in [9.17, 15) is 8.78 Å². The van der Waals surface area contributed by atoms with Crippen LogP contribution in [0.1, 0.15) is 26.6 Å². The Morgan fingerprint density at radius 1 is 1.13 bits per heavy atom. The molecule has 1 heterocycles. The fourth-order valence-corrected chi connectivity index (χ4v) is 1.88. The summed E-state index contributed by atoms with van der Waals surface area (Å²) in [4.78, 5) is 8.67. The summed E-state index contributed by atoms with van der Waals surface area (Å²) in [6, 6.07) is 6.37. The smallest absolute Gasteiger partial charge is 0.387 e. The first-order valence-corrected chi connectivity index (χ1v) is 7.03. The molecule has 0 atom stereocenters. The van der Waals surface area contributed by atoms with Crippen molar-refractivity contribution in [2.24, 2.45) is 0 Å². The maximum atomic E-state index is 12.5. The number of nitrogens with zero attached hydrogens (tertiary/aromatic N) is 2. The van der Waals surface area contributed by atoms with Crippen molar-refractivity contribution in [3.63, 3.8) is 0 Å². The number of nitrogens with one attached hydrogen (secondary N) is 1. The van der Waals surface area contributed by atoms with Gasteiger partial charge in [-0.25, -0.2) is 9.97 Å². The molecule has 0 unspecified atom stereocenters. The summed E-state index contributed by atoms with van der Waals surface area (Å²) >= 11 is 0. The lowest BCUT2D eigenvalue weighted by atomic mass is 9.96. The van der Waals surface area contributed by atoms with E-state index in [0.29, 0.717) is 17.3 Å². The molecule has 124 valence electrons. The van der Waals surface area contributed by atoms with Gasteiger partial charge in [0.15, 0.2) is 11.5 Å². The first-order valence-electron chi connectivity index (χ1n) is 7.03. The van der Waals surface area contributed by atoms with Gasteiger partial charge in [-0.3, -0.25) is 0 Å². The minimum absolute atomic E-state index is 0.0439. The fourth-order valence-electron chi connectivity index (χ4n) is 1.88. The largest absolute Gasteiger partial charge is 0.493 e. The van der Waals surface area contributed by atoms with Gasteiger partial charge in [0.25, 0.3) is 0 Å². The van der Waals surface area contributed by atoms with Crippen molar-refractivity contribution in [2.75, 3.05) is 12.4 Å². The molecule has 0 aliphatic heterocycles. The van der Waals surface area contributed by atoms with Crippen LogP contribution in [0.4, 0.5) is 20.3 Å². The standard InChI is InChI=1S/C16H19F2N3O2/c1-16(2,3)14-19-8-7-13(21-14)20-10-5-6-11(22-4)12(9-10)23-15(17)18/h5-9,15H,1-4H3,(H,19,20,21). The van der Waals surface area contributed by atoms with Gasteiger partial charge >= 0.3 is 6.61 Å². The summed E-state index contributed by atoms with van der Waals surface area (Å²) in [5.74, 6) is 1.43. The maximum absolute atomic E-state index is 12.5. The molecule has 0 radical (unpaired) electrons. The van der Waals surface area contributed by atoms with Crippen LogP contribution in [0.2, 0.25) is 0 Å². The van der Waals surface area contributed by atoms with Crippen molar-refractivity contribution in [1.29, 1.82) is 0 Å². The molecule has 0 aliphatic carbocycles. The molecule has 0 bridgehead atoms. The van der Waals surface area contributed by atoms with Crippen LogP contribution >= 0.6 is 0 Å². The van der Waals surface area contributed by atoms with Gasteiger partial charge in [-0.2, -0.15) is 8.78 Å². The van der Waals surface area contributed by atoms with Crippen LogP contribution in [0.3, 0.4) is 0 Å². The predicted octanol–water partition coefficient (Wildman–Crippen LogP) is 4.13. The van der Waals surface area contributed by atoms with Crippen LogP contribution in [0.25, 0.3) is 0 Å². The van der Waals surface area contributed by atoms with Crippen molar-refractivity contribution in [1.82, 2.24) is 9.97 Å². The lowest BCUT2D eigenvalue weighted by molar-refractivity contribution is -0.0511. The first kappa shape index (κ1) is 16.9. The Balaban J connectivity index is 2.26. The van der Waals surface area contributed by atoms with Crippen LogP contribution in [-0.4, -0.2) is 23.7 Å². The molecule has 0 saturated heterocycles. The second kappa shape index (κ2) is 6.76.